The van der Waals surface area contributed by atoms with Gasteiger partial charge in [-0.2, -0.15) is 0 Å². The molecule has 0 aliphatic rings. The fraction of sp³-hybridized carbons (Fsp3) is 0.286. The molecule has 0 radical (unpaired) electrons. The topological polar surface area (TPSA) is 68.0 Å². The maximum atomic E-state index is 12.0. The molecule has 6 heteroatoms. The minimum atomic E-state index is -0.171. The summed E-state index contributed by atoms with van der Waals surface area (Å²) in [5, 5.41) is 5.41. The molecule has 0 spiro atoms. The molecule has 0 fully saturated rings. The number of carbonyl (C=O) groups excluding carboxylic acids is 1. The van der Waals surface area contributed by atoms with Crippen LogP contribution in [0.15, 0.2) is 34.1 Å². The molecule has 3 N–H and O–H groups in total. The first-order valence-corrected chi connectivity index (χ1v) is 8.01. The minimum absolute atomic E-state index is 0.0911. The third-order valence-electron chi connectivity index (χ3n) is 2.85. The van der Waals surface area contributed by atoms with Crippen molar-refractivity contribution in [2.45, 2.75) is 25.9 Å². The zero-order chi connectivity index (χ0) is 14.5. The fourth-order valence-corrected chi connectivity index (χ4v) is 2.99. The Kier molecular flexibility index (Phi) is 5.28. The van der Waals surface area contributed by atoms with Gasteiger partial charge >= 0.3 is 0 Å². The molecule has 1 aromatic carbocycles. The number of thiazole rings is 1. The summed E-state index contributed by atoms with van der Waals surface area (Å²) in [4.78, 5) is 16.3. The monoisotopic (exact) mass is 353 g/mol. The lowest BCUT2D eigenvalue weighted by Gasteiger charge is -2.04. The first kappa shape index (κ1) is 15.2. The van der Waals surface area contributed by atoms with E-state index >= 15 is 0 Å². The fourth-order valence-electron chi connectivity index (χ4n) is 1.66. The number of carbonyl (C=O) groups is 1. The van der Waals surface area contributed by atoms with Crippen LogP contribution in [0.4, 0.5) is 0 Å². The van der Waals surface area contributed by atoms with E-state index < -0.39 is 0 Å². The van der Waals surface area contributed by atoms with E-state index in [-0.39, 0.29) is 11.9 Å². The molecule has 1 amide bonds. The third kappa shape index (κ3) is 3.88. The van der Waals surface area contributed by atoms with Gasteiger partial charge < -0.3 is 11.1 Å². The lowest BCUT2D eigenvalue weighted by Crippen LogP contribution is -2.23. The van der Waals surface area contributed by atoms with E-state index in [1.165, 1.54) is 11.3 Å². The molecule has 0 aliphatic carbocycles. The Bertz CT molecular complexity index is 600. The number of nitrogens with two attached hydrogens (primary N) is 1. The smallest absolute Gasteiger partial charge is 0.271 e. The van der Waals surface area contributed by atoms with Gasteiger partial charge in [0.2, 0.25) is 0 Å². The number of hydrogen-bond donors (Lipinski definition) is 2. The van der Waals surface area contributed by atoms with Gasteiger partial charge in [-0.3, -0.25) is 4.79 Å². The van der Waals surface area contributed by atoms with Gasteiger partial charge in [0, 0.05) is 16.4 Å². The summed E-state index contributed by atoms with van der Waals surface area (Å²) in [6, 6.07) is 7.73. The summed E-state index contributed by atoms with van der Waals surface area (Å²) in [5.41, 5.74) is 7.37. The van der Waals surface area contributed by atoms with Crippen LogP contribution >= 0.6 is 27.3 Å². The molecule has 0 saturated heterocycles. The number of hydrogen-bond acceptors (Lipinski definition) is 4. The van der Waals surface area contributed by atoms with Crippen molar-refractivity contribution in [2.24, 2.45) is 5.73 Å². The van der Waals surface area contributed by atoms with Gasteiger partial charge in [-0.25, -0.2) is 4.98 Å². The van der Waals surface area contributed by atoms with Crippen molar-refractivity contribution in [1.29, 1.82) is 0 Å². The van der Waals surface area contributed by atoms with E-state index in [1.807, 2.05) is 31.2 Å². The van der Waals surface area contributed by atoms with E-state index in [1.54, 1.807) is 5.38 Å². The van der Waals surface area contributed by atoms with E-state index in [2.05, 4.69) is 26.2 Å². The SMILES string of the molecule is CCC(N)c1nc(C(=O)NCc2cccc(Br)c2)cs1. The van der Waals surface area contributed by atoms with Gasteiger partial charge in [-0.15, -0.1) is 11.3 Å². The number of amides is 1. The molecule has 4 nitrogen and oxygen atoms in total. The van der Waals surface area contributed by atoms with Crippen LogP contribution in [0.2, 0.25) is 0 Å². The van der Waals surface area contributed by atoms with Crippen LogP contribution in [0.1, 0.15) is 40.4 Å². The van der Waals surface area contributed by atoms with E-state index in [0.29, 0.717) is 12.2 Å². The summed E-state index contributed by atoms with van der Waals surface area (Å²) < 4.78 is 0.995. The normalized spacial score (nSPS) is 12.2. The zero-order valence-electron chi connectivity index (χ0n) is 11.1. The second kappa shape index (κ2) is 6.97. The van der Waals surface area contributed by atoms with Crippen molar-refractivity contribution < 1.29 is 4.79 Å². The predicted molar refractivity (Wildman–Crippen MR) is 84.6 cm³/mol. The average Bonchev–Trinajstić information content (AvgIpc) is 2.94. The van der Waals surface area contributed by atoms with Crippen molar-refractivity contribution in [3.05, 3.63) is 50.4 Å². The number of rotatable bonds is 5. The average molecular weight is 354 g/mol. The highest BCUT2D eigenvalue weighted by Gasteiger charge is 2.13. The van der Waals surface area contributed by atoms with Crippen LogP contribution < -0.4 is 11.1 Å². The van der Waals surface area contributed by atoms with Crippen LogP contribution in [-0.4, -0.2) is 10.9 Å². The van der Waals surface area contributed by atoms with Gasteiger partial charge in [-0.1, -0.05) is 35.0 Å². The van der Waals surface area contributed by atoms with Gasteiger partial charge in [0.15, 0.2) is 0 Å². The molecule has 1 aromatic heterocycles. The van der Waals surface area contributed by atoms with Gasteiger partial charge in [0.25, 0.3) is 5.91 Å². The second-order valence-electron chi connectivity index (χ2n) is 4.40. The molecule has 1 heterocycles. The van der Waals surface area contributed by atoms with Crippen molar-refractivity contribution in [1.82, 2.24) is 10.3 Å². The van der Waals surface area contributed by atoms with Crippen molar-refractivity contribution in [2.75, 3.05) is 0 Å². The Morgan fingerprint density at radius 3 is 3.05 bits per heavy atom. The highest BCUT2D eigenvalue weighted by Crippen LogP contribution is 2.18. The van der Waals surface area contributed by atoms with Crippen molar-refractivity contribution in [3.8, 4) is 0 Å². The molecular formula is C14H16BrN3OS. The highest BCUT2D eigenvalue weighted by molar-refractivity contribution is 9.10. The molecule has 0 bridgehead atoms. The lowest BCUT2D eigenvalue weighted by molar-refractivity contribution is 0.0946. The Morgan fingerprint density at radius 2 is 2.35 bits per heavy atom. The summed E-state index contributed by atoms with van der Waals surface area (Å²) >= 11 is 4.83. The summed E-state index contributed by atoms with van der Waals surface area (Å²) in [7, 11) is 0. The quantitative estimate of drug-likeness (QED) is 0.866. The number of aromatic nitrogens is 1. The zero-order valence-corrected chi connectivity index (χ0v) is 13.5. The maximum absolute atomic E-state index is 12.0. The number of nitrogens with zero attached hydrogens (tertiary/aromatic N) is 1. The molecule has 2 rings (SSSR count). The van der Waals surface area contributed by atoms with Crippen LogP contribution in [0.3, 0.4) is 0 Å². The molecular weight excluding hydrogens is 338 g/mol. The van der Waals surface area contributed by atoms with Gasteiger partial charge in [-0.05, 0) is 24.1 Å². The van der Waals surface area contributed by atoms with Crippen LogP contribution in [0.25, 0.3) is 0 Å². The number of benzene rings is 1. The molecule has 106 valence electrons. The molecule has 1 unspecified atom stereocenters. The maximum Gasteiger partial charge on any atom is 0.271 e. The Labute approximate surface area is 130 Å². The molecule has 1 atom stereocenters. The first-order valence-electron chi connectivity index (χ1n) is 6.33. The minimum Gasteiger partial charge on any atom is -0.347 e. The van der Waals surface area contributed by atoms with Crippen LogP contribution in [0.5, 0.6) is 0 Å². The van der Waals surface area contributed by atoms with Gasteiger partial charge in [0.05, 0.1) is 6.04 Å². The second-order valence-corrected chi connectivity index (χ2v) is 6.20. The lowest BCUT2D eigenvalue weighted by atomic mass is 10.2. The van der Waals surface area contributed by atoms with Crippen LogP contribution in [-0.2, 0) is 6.54 Å². The van der Waals surface area contributed by atoms with Crippen LogP contribution in [0, 0.1) is 0 Å². The predicted octanol–water partition coefficient (Wildman–Crippen LogP) is 3.25. The number of nitrogens with one attached hydrogen (secondary N) is 1. The first-order chi connectivity index (χ1) is 9.60. The summed E-state index contributed by atoms with van der Waals surface area (Å²) in [5.74, 6) is -0.171. The van der Waals surface area contributed by atoms with E-state index in [0.717, 1.165) is 21.5 Å². The molecule has 2 aromatic rings. The molecule has 20 heavy (non-hydrogen) atoms. The van der Waals surface area contributed by atoms with Gasteiger partial charge in [0.1, 0.15) is 10.7 Å². The number of halogens is 1. The van der Waals surface area contributed by atoms with Crippen molar-refractivity contribution in [3.63, 3.8) is 0 Å². The Hall–Kier alpha value is -1.24. The molecule has 0 saturated carbocycles. The Morgan fingerprint density at radius 1 is 1.55 bits per heavy atom. The third-order valence-corrected chi connectivity index (χ3v) is 4.32. The van der Waals surface area contributed by atoms with E-state index in [4.69, 9.17) is 5.73 Å². The summed E-state index contributed by atoms with van der Waals surface area (Å²) in [6.07, 6.45) is 0.812. The largest absolute Gasteiger partial charge is 0.347 e. The standard InChI is InChI=1S/C14H16BrN3OS/c1-2-11(16)14-18-12(8-20-14)13(19)17-7-9-4-3-5-10(15)6-9/h3-6,8,11H,2,7,16H2,1H3,(H,17,19). The Balaban J connectivity index is 1.96. The summed E-state index contributed by atoms with van der Waals surface area (Å²) in [6.45, 7) is 2.48. The highest BCUT2D eigenvalue weighted by atomic mass is 79.9. The van der Waals surface area contributed by atoms with Crippen molar-refractivity contribution >= 4 is 33.2 Å². The molecule has 0 aliphatic heterocycles. The van der Waals surface area contributed by atoms with E-state index in [9.17, 15) is 4.79 Å².